The Bertz CT molecular complexity index is 495. The van der Waals surface area contributed by atoms with E-state index in [1.807, 2.05) is 6.21 Å². The van der Waals surface area contributed by atoms with Crippen molar-refractivity contribution in [3.05, 3.63) is 42.2 Å². The lowest BCUT2D eigenvalue weighted by atomic mass is 9.95. The molecule has 92 valence electrons. The number of hydrogen-bond acceptors (Lipinski definition) is 3. The molecule has 0 spiro atoms. The van der Waals surface area contributed by atoms with Crippen LogP contribution in [0.4, 0.5) is 0 Å². The van der Waals surface area contributed by atoms with Gasteiger partial charge in [0, 0.05) is 18.3 Å². The van der Waals surface area contributed by atoms with E-state index in [9.17, 15) is 4.79 Å². The second kappa shape index (κ2) is 4.72. The van der Waals surface area contributed by atoms with E-state index in [-0.39, 0.29) is 5.91 Å². The van der Waals surface area contributed by atoms with Crippen LogP contribution in [0.25, 0.3) is 0 Å². The van der Waals surface area contributed by atoms with Gasteiger partial charge < -0.3 is 0 Å². The summed E-state index contributed by atoms with van der Waals surface area (Å²) in [5.74, 6) is 1.55. The Morgan fingerprint density at radius 1 is 1.39 bits per heavy atom. The lowest BCUT2D eigenvalue weighted by Crippen LogP contribution is -2.20. The SMILES string of the molecule is O=C(N/N=C/C1CC2C=CC1C2)c1ccccn1. The molecular formula is C14H15N3O. The van der Waals surface area contributed by atoms with Crippen LogP contribution in [-0.4, -0.2) is 17.1 Å². The molecule has 3 unspecified atom stereocenters. The van der Waals surface area contributed by atoms with E-state index in [1.54, 1.807) is 24.4 Å². The molecule has 2 aliphatic carbocycles. The molecule has 4 heteroatoms. The molecule has 1 fully saturated rings. The normalized spacial score (nSPS) is 29.0. The average molecular weight is 241 g/mol. The van der Waals surface area contributed by atoms with Crippen molar-refractivity contribution in [2.45, 2.75) is 12.8 Å². The molecule has 0 aromatic carbocycles. The lowest BCUT2D eigenvalue weighted by Gasteiger charge is -2.11. The fraction of sp³-hybridized carbons (Fsp3) is 0.357. The maximum atomic E-state index is 11.7. The van der Waals surface area contributed by atoms with Crippen molar-refractivity contribution in [2.75, 3.05) is 0 Å². The first kappa shape index (κ1) is 11.1. The summed E-state index contributed by atoms with van der Waals surface area (Å²) in [6.45, 7) is 0. The predicted molar refractivity (Wildman–Crippen MR) is 69.0 cm³/mol. The highest BCUT2D eigenvalue weighted by Crippen LogP contribution is 2.42. The summed E-state index contributed by atoms with van der Waals surface area (Å²) in [4.78, 5) is 15.6. The summed E-state index contributed by atoms with van der Waals surface area (Å²) in [6, 6.07) is 5.24. The van der Waals surface area contributed by atoms with Crippen molar-refractivity contribution in [3.63, 3.8) is 0 Å². The van der Waals surface area contributed by atoms with Gasteiger partial charge in [0.1, 0.15) is 5.69 Å². The highest BCUT2D eigenvalue weighted by molar-refractivity contribution is 5.92. The van der Waals surface area contributed by atoms with Gasteiger partial charge in [-0.3, -0.25) is 9.78 Å². The van der Waals surface area contributed by atoms with Crippen LogP contribution in [0.15, 0.2) is 41.6 Å². The molecule has 1 aromatic rings. The van der Waals surface area contributed by atoms with Crippen molar-refractivity contribution < 1.29 is 4.79 Å². The number of nitrogens with one attached hydrogen (secondary N) is 1. The van der Waals surface area contributed by atoms with E-state index in [0.717, 1.165) is 12.3 Å². The van der Waals surface area contributed by atoms with E-state index in [0.29, 0.717) is 17.5 Å². The van der Waals surface area contributed by atoms with Crippen molar-refractivity contribution >= 4 is 12.1 Å². The van der Waals surface area contributed by atoms with Crippen molar-refractivity contribution in [1.29, 1.82) is 0 Å². The minimum absolute atomic E-state index is 0.259. The topological polar surface area (TPSA) is 54.4 Å². The maximum Gasteiger partial charge on any atom is 0.289 e. The number of aromatic nitrogens is 1. The minimum atomic E-state index is -0.259. The number of rotatable bonds is 3. The van der Waals surface area contributed by atoms with Gasteiger partial charge in [0.2, 0.25) is 0 Å². The quantitative estimate of drug-likeness (QED) is 0.500. The van der Waals surface area contributed by atoms with Gasteiger partial charge in [-0.25, -0.2) is 5.43 Å². The molecule has 3 atom stereocenters. The number of carbonyl (C=O) groups excluding carboxylic acids is 1. The lowest BCUT2D eigenvalue weighted by molar-refractivity contribution is 0.0950. The smallest absolute Gasteiger partial charge is 0.266 e. The number of fused-ring (bicyclic) bond motifs is 2. The van der Waals surface area contributed by atoms with Crippen LogP contribution in [0.1, 0.15) is 23.3 Å². The van der Waals surface area contributed by atoms with E-state index in [2.05, 4.69) is 27.7 Å². The number of hydrazone groups is 1. The van der Waals surface area contributed by atoms with Gasteiger partial charge in [0.15, 0.2) is 0 Å². The third kappa shape index (κ3) is 2.18. The number of allylic oxidation sites excluding steroid dienone is 2. The van der Waals surface area contributed by atoms with Gasteiger partial charge in [0.25, 0.3) is 5.91 Å². The summed E-state index contributed by atoms with van der Waals surface area (Å²) in [5, 5.41) is 4.05. The largest absolute Gasteiger partial charge is 0.289 e. The highest BCUT2D eigenvalue weighted by Gasteiger charge is 2.34. The summed E-state index contributed by atoms with van der Waals surface area (Å²) in [5.41, 5.74) is 2.92. The zero-order valence-electron chi connectivity index (χ0n) is 9.99. The molecule has 4 nitrogen and oxygen atoms in total. The van der Waals surface area contributed by atoms with Gasteiger partial charge in [-0.05, 0) is 36.8 Å². The zero-order chi connectivity index (χ0) is 12.4. The van der Waals surface area contributed by atoms with Crippen molar-refractivity contribution in [3.8, 4) is 0 Å². The Hall–Kier alpha value is -1.97. The van der Waals surface area contributed by atoms with Gasteiger partial charge in [-0.1, -0.05) is 18.2 Å². The minimum Gasteiger partial charge on any atom is -0.266 e. The highest BCUT2D eigenvalue weighted by atomic mass is 16.2. The van der Waals surface area contributed by atoms with Crippen LogP contribution < -0.4 is 5.43 Å². The summed E-state index contributed by atoms with van der Waals surface area (Å²) < 4.78 is 0. The first-order chi connectivity index (χ1) is 8.83. The second-order valence-electron chi connectivity index (χ2n) is 4.88. The third-order valence-electron chi connectivity index (χ3n) is 3.66. The molecule has 0 aliphatic heterocycles. The molecule has 2 aliphatic rings. The number of hydrogen-bond donors (Lipinski definition) is 1. The molecule has 1 saturated carbocycles. The fourth-order valence-electron chi connectivity index (χ4n) is 2.74. The summed E-state index contributed by atoms with van der Waals surface area (Å²) in [6.07, 6.45) is 10.4. The Kier molecular flexibility index (Phi) is 2.92. The number of carbonyl (C=O) groups is 1. The van der Waals surface area contributed by atoms with E-state index < -0.39 is 0 Å². The average Bonchev–Trinajstić information content (AvgIpc) is 3.02. The molecule has 2 bridgehead atoms. The number of amides is 1. The third-order valence-corrected chi connectivity index (χ3v) is 3.66. The van der Waals surface area contributed by atoms with Gasteiger partial charge in [0.05, 0.1) is 0 Å². The van der Waals surface area contributed by atoms with E-state index in [4.69, 9.17) is 0 Å². The van der Waals surface area contributed by atoms with Crippen LogP contribution in [0, 0.1) is 17.8 Å². The van der Waals surface area contributed by atoms with Crippen LogP contribution in [-0.2, 0) is 0 Å². The molecule has 0 saturated heterocycles. The molecular weight excluding hydrogens is 226 g/mol. The van der Waals surface area contributed by atoms with Gasteiger partial charge in [-0.15, -0.1) is 0 Å². The second-order valence-corrected chi connectivity index (χ2v) is 4.88. The van der Waals surface area contributed by atoms with E-state index in [1.165, 1.54) is 6.42 Å². The monoisotopic (exact) mass is 241 g/mol. The Morgan fingerprint density at radius 2 is 2.33 bits per heavy atom. The van der Waals surface area contributed by atoms with Gasteiger partial charge >= 0.3 is 0 Å². The van der Waals surface area contributed by atoms with Crippen LogP contribution in [0.3, 0.4) is 0 Å². The molecule has 0 radical (unpaired) electrons. The molecule has 18 heavy (non-hydrogen) atoms. The number of pyridine rings is 1. The molecule has 1 amide bonds. The van der Waals surface area contributed by atoms with Crippen LogP contribution in [0.5, 0.6) is 0 Å². The molecule has 1 aromatic heterocycles. The first-order valence-corrected chi connectivity index (χ1v) is 6.26. The molecule has 3 rings (SSSR count). The predicted octanol–water partition coefficient (Wildman–Crippen LogP) is 2.01. The Labute approximate surface area is 106 Å². The fourth-order valence-corrected chi connectivity index (χ4v) is 2.74. The molecule has 1 heterocycles. The molecule has 1 N–H and O–H groups in total. The zero-order valence-corrected chi connectivity index (χ0v) is 9.99. The summed E-state index contributed by atoms with van der Waals surface area (Å²) >= 11 is 0. The Balaban J connectivity index is 1.55. The van der Waals surface area contributed by atoms with E-state index >= 15 is 0 Å². The van der Waals surface area contributed by atoms with Crippen LogP contribution >= 0.6 is 0 Å². The maximum absolute atomic E-state index is 11.7. The number of nitrogens with zero attached hydrogens (tertiary/aromatic N) is 2. The standard InChI is InChI=1S/C14H15N3O/c18-14(13-3-1-2-6-15-13)17-16-9-12-8-10-4-5-11(12)7-10/h1-6,9-12H,7-8H2,(H,17,18)/b16-9+. The first-order valence-electron chi connectivity index (χ1n) is 6.26. The van der Waals surface area contributed by atoms with Crippen LogP contribution in [0.2, 0.25) is 0 Å². The van der Waals surface area contributed by atoms with Crippen molar-refractivity contribution in [1.82, 2.24) is 10.4 Å². The summed E-state index contributed by atoms with van der Waals surface area (Å²) in [7, 11) is 0. The van der Waals surface area contributed by atoms with Gasteiger partial charge in [-0.2, -0.15) is 5.10 Å². The van der Waals surface area contributed by atoms with Crippen molar-refractivity contribution in [2.24, 2.45) is 22.9 Å². The Morgan fingerprint density at radius 3 is 3.00 bits per heavy atom.